The van der Waals surface area contributed by atoms with E-state index in [0.717, 1.165) is 30.1 Å². The molecule has 0 aromatic heterocycles. The van der Waals surface area contributed by atoms with Crippen molar-refractivity contribution in [2.75, 3.05) is 18.4 Å². The molecule has 1 aliphatic heterocycles. The summed E-state index contributed by atoms with van der Waals surface area (Å²) in [6, 6.07) is 5.44. The summed E-state index contributed by atoms with van der Waals surface area (Å²) in [7, 11) is 0. The normalized spacial score (nSPS) is 18.9. The molecule has 1 heterocycles. The molecule has 110 valence electrons. The third kappa shape index (κ3) is 3.51. The minimum absolute atomic E-state index is 0.119. The third-order valence-corrected chi connectivity index (χ3v) is 3.40. The molecule has 4 nitrogen and oxygen atoms in total. The van der Waals surface area contributed by atoms with Crippen LogP contribution in [-0.2, 0) is 0 Å². The number of fused-ring (bicyclic) bond motifs is 1. The molecule has 0 bridgehead atoms. The minimum atomic E-state index is -0.168. The van der Waals surface area contributed by atoms with Crippen LogP contribution in [0.15, 0.2) is 18.2 Å². The molecule has 4 heteroatoms. The van der Waals surface area contributed by atoms with Crippen molar-refractivity contribution >= 4 is 11.5 Å². The second-order valence-electron chi connectivity index (χ2n) is 5.91. The predicted molar refractivity (Wildman–Crippen MR) is 81.7 cm³/mol. The van der Waals surface area contributed by atoms with Crippen LogP contribution in [-0.4, -0.2) is 31.0 Å². The number of ketones is 1. The molecule has 0 aliphatic carbocycles. The van der Waals surface area contributed by atoms with E-state index < -0.39 is 0 Å². The molecule has 2 unspecified atom stereocenters. The van der Waals surface area contributed by atoms with Crippen molar-refractivity contribution in [2.24, 2.45) is 5.92 Å². The topological polar surface area (TPSA) is 50.4 Å². The second-order valence-corrected chi connectivity index (χ2v) is 5.91. The fourth-order valence-corrected chi connectivity index (χ4v) is 2.19. The van der Waals surface area contributed by atoms with Crippen molar-refractivity contribution in [3.8, 4) is 5.75 Å². The van der Waals surface area contributed by atoms with Crippen LogP contribution in [0.4, 0.5) is 5.69 Å². The molecular formula is C16H24N2O2. The molecule has 0 saturated carbocycles. The summed E-state index contributed by atoms with van der Waals surface area (Å²) >= 11 is 0. The molecule has 1 aromatic carbocycles. The first-order valence-corrected chi connectivity index (χ1v) is 7.29. The maximum atomic E-state index is 12.4. The number of Topliss-reactive ketones (excluding diaryl/α,β-unsaturated/α-hetero) is 1. The van der Waals surface area contributed by atoms with Crippen molar-refractivity contribution in [3.63, 3.8) is 0 Å². The average Bonchev–Trinajstić information content (AvgIpc) is 2.43. The number of anilines is 1. The Kier molecular flexibility index (Phi) is 4.65. The van der Waals surface area contributed by atoms with Crippen LogP contribution >= 0.6 is 0 Å². The largest absolute Gasteiger partial charge is 0.487 e. The van der Waals surface area contributed by atoms with Gasteiger partial charge in [-0.3, -0.25) is 4.79 Å². The van der Waals surface area contributed by atoms with Crippen LogP contribution in [0.5, 0.6) is 5.75 Å². The monoisotopic (exact) mass is 276 g/mol. The van der Waals surface area contributed by atoms with Gasteiger partial charge in [0.1, 0.15) is 11.9 Å². The number of rotatable bonds is 5. The Morgan fingerprint density at radius 3 is 2.90 bits per heavy atom. The van der Waals surface area contributed by atoms with Gasteiger partial charge < -0.3 is 15.4 Å². The van der Waals surface area contributed by atoms with Crippen LogP contribution < -0.4 is 15.4 Å². The SMILES string of the molecule is CC(C)CNC(C)C(=O)c1ccc2c(c1)NCC(C)O2. The van der Waals surface area contributed by atoms with E-state index in [2.05, 4.69) is 24.5 Å². The second kappa shape index (κ2) is 6.27. The van der Waals surface area contributed by atoms with Crippen LogP contribution in [0.3, 0.4) is 0 Å². The standard InChI is InChI=1S/C16H24N2O2/c1-10(2)8-17-12(4)16(19)13-5-6-15-14(7-13)18-9-11(3)20-15/h5-7,10-12,17-18H,8-9H2,1-4H3. The first kappa shape index (κ1) is 14.9. The van der Waals surface area contributed by atoms with Gasteiger partial charge in [0, 0.05) is 5.56 Å². The van der Waals surface area contributed by atoms with Crippen LogP contribution in [0.1, 0.15) is 38.1 Å². The summed E-state index contributed by atoms with van der Waals surface area (Å²) in [6.07, 6.45) is 0.163. The fraction of sp³-hybridized carbons (Fsp3) is 0.562. The van der Waals surface area contributed by atoms with Gasteiger partial charge in [-0.15, -0.1) is 0 Å². The first-order chi connectivity index (χ1) is 9.47. The number of hydrogen-bond acceptors (Lipinski definition) is 4. The zero-order valence-corrected chi connectivity index (χ0v) is 12.7. The zero-order chi connectivity index (χ0) is 14.7. The van der Waals surface area contributed by atoms with Gasteiger partial charge >= 0.3 is 0 Å². The van der Waals surface area contributed by atoms with E-state index in [0.29, 0.717) is 5.92 Å². The smallest absolute Gasteiger partial charge is 0.179 e. The van der Waals surface area contributed by atoms with Gasteiger partial charge in [0.15, 0.2) is 5.78 Å². The Morgan fingerprint density at radius 2 is 2.20 bits per heavy atom. The van der Waals surface area contributed by atoms with Gasteiger partial charge in [-0.25, -0.2) is 0 Å². The lowest BCUT2D eigenvalue weighted by atomic mass is 10.0. The van der Waals surface area contributed by atoms with Gasteiger partial charge in [-0.1, -0.05) is 13.8 Å². The molecule has 2 N–H and O–H groups in total. The van der Waals surface area contributed by atoms with Crippen molar-refractivity contribution in [1.82, 2.24) is 5.32 Å². The van der Waals surface area contributed by atoms with Crippen molar-refractivity contribution < 1.29 is 9.53 Å². The highest BCUT2D eigenvalue weighted by Crippen LogP contribution is 2.30. The Labute approximate surface area is 120 Å². The maximum Gasteiger partial charge on any atom is 0.179 e. The van der Waals surface area contributed by atoms with Crippen molar-refractivity contribution in [3.05, 3.63) is 23.8 Å². The Hall–Kier alpha value is -1.55. The van der Waals surface area contributed by atoms with Gasteiger partial charge in [-0.05, 0) is 44.5 Å². The molecule has 20 heavy (non-hydrogen) atoms. The van der Waals surface area contributed by atoms with E-state index in [1.807, 2.05) is 32.0 Å². The summed E-state index contributed by atoms with van der Waals surface area (Å²) in [5, 5.41) is 6.57. The summed E-state index contributed by atoms with van der Waals surface area (Å²) in [6.45, 7) is 9.81. The van der Waals surface area contributed by atoms with E-state index in [1.54, 1.807) is 0 Å². The van der Waals surface area contributed by atoms with Crippen LogP contribution in [0, 0.1) is 5.92 Å². The lowest BCUT2D eigenvalue weighted by Crippen LogP contribution is -2.36. The number of benzene rings is 1. The number of carbonyl (C=O) groups excluding carboxylic acids is 1. The van der Waals surface area contributed by atoms with Crippen LogP contribution in [0.2, 0.25) is 0 Å². The summed E-state index contributed by atoms with van der Waals surface area (Å²) in [5.41, 5.74) is 1.63. The highest BCUT2D eigenvalue weighted by atomic mass is 16.5. The molecule has 1 aliphatic rings. The summed E-state index contributed by atoms with van der Waals surface area (Å²) in [5.74, 6) is 1.47. The lowest BCUT2D eigenvalue weighted by molar-refractivity contribution is 0.0949. The zero-order valence-electron chi connectivity index (χ0n) is 12.7. The van der Waals surface area contributed by atoms with Gasteiger partial charge in [0.05, 0.1) is 18.3 Å². The first-order valence-electron chi connectivity index (χ1n) is 7.29. The van der Waals surface area contributed by atoms with Crippen molar-refractivity contribution in [2.45, 2.75) is 39.8 Å². The Bertz CT molecular complexity index is 485. The van der Waals surface area contributed by atoms with E-state index in [9.17, 15) is 4.79 Å². The number of nitrogens with one attached hydrogen (secondary N) is 2. The minimum Gasteiger partial charge on any atom is -0.487 e. The number of carbonyl (C=O) groups is 1. The van der Waals surface area contributed by atoms with E-state index >= 15 is 0 Å². The lowest BCUT2D eigenvalue weighted by Gasteiger charge is -2.25. The third-order valence-electron chi connectivity index (χ3n) is 3.40. The van der Waals surface area contributed by atoms with E-state index in [-0.39, 0.29) is 17.9 Å². The van der Waals surface area contributed by atoms with E-state index in [1.165, 1.54) is 0 Å². The average molecular weight is 276 g/mol. The van der Waals surface area contributed by atoms with Gasteiger partial charge in [0.2, 0.25) is 0 Å². The molecule has 0 saturated heterocycles. The fourth-order valence-electron chi connectivity index (χ4n) is 2.19. The molecular weight excluding hydrogens is 252 g/mol. The Morgan fingerprint density at radius 1 is 1.45 bits per heavy atom. The van der Waals surface area contributed by atoms with Gasteiger partial charge in [0.25, 0.3) is 0 Å². The molecule has 2 rings (SSSR count). The Balaban J connectivity index is 2.07. The summed E-state index contributed by atoms with van der Waals surface area (Å²) in [4.78, 5) is 12.4. The highest BCUT2D eigenvalue weighted by molar-refractivity contribution is 6.01. The molecule has 0 amide bonds. The van der Waals surface area contributed by atoms with Crippen LogP contribution in [0.25, 0.3) is 0 Å². The number of ether oxygens (including phenoxy) is 1. The molecule has 0 fully saturated rings. The predicted octanol–water partition coefficient (Wildman–Crippen LogP) is 2.70. The van der Waals surface area contributed by atoms with Crippen molar-refractivity contribution in [1.29, 1.82) is 0 Å². The quantitative estimate of drug-likeness (QED) is 0.812. The highest BCUT2D eigenvalue weighted by Gasteiger charge is 2.20. The van der Waals surface area contributed by atoms with E-state index in [4.69, 9.17) is 4.74 Å². The molecule has 0 radical (unpaired) electrons. The number of hydrogen-bond donors (Lipinski definition) is 2. The molecule has 2 atom stereocenters. The molecule has 1 aromatic rings. The van der Waals surface area contributed by atoms with Gasteiger partial charge in [-0.2, -0.15) is 0 Å². The molecule has 0 spiro atoms. The summed E-state index contributed by atoms with van der Waals surface area (Å²) < 4.78 is 5.72. The maximum absolute atomic E-state index is 12.4.